The molecule has 0 spiro atoms. The number of fused-ring (bicyclic) bond motifs is 1. The van der Waals surface area contributed by atoms with Gasteiger partial charge in [0, 0.05) is 11.8 Å². The third-order valence-corrected chi connectivity index (χ3v) is 3.83. The van der Waals surface area contributed by atoms with Crippen molar-refractivity contribution in [2.75, 3.05) is 6.61 Å². The summed E-state index contributed by atoms with van der Waals surface area (Å²) in [7, 11) is 0. The second-order valence-electron chi connectivity index (χ2n) is 6.71. The molecule has 102 valence electrons. The number of hydrogen-bond donors (Lipinski definition) is 1. The van der Waals surface area contributed by atoms with Crippen LogP contribution in [-0.4, -0.2) is 30.3 Å². The average molecular weight is 255 g/mol. The van der Waals surface area contributed by atoms with Gasteiger partial charge in [0.1, 0.15) is 11.6 Å². The number of rotatable bonds is 1. The van der Waals surface area contributed by atoms with Crippen molar-refractivity contribution < 1.29 is 19.1 Å². The Morgan fingerprint density at radius 2 is 2.06 bits per heavy atom. The van der Waals surface area contributed by atoms with Gasteiger partial charge in [-0.1, -0.05) is 13.8 Å². The Balaban J connectivity index is 2.00. The van der Waals surface area contributed by atoms with E-state index in [-0.39, 0.29) is 17.3 Å². The fraction of sp³-hybridized carbons (Fsp3) is 0.846. The highest BCUT2D eigenvalue weighted by Gasteiger charge is 2.66. The first-order valence-corrected chi connectivity index (χ1v) is 6.29. The van der Waals surface area contributed by atoms with Crippen molar-refractivity contribution in [1.82, 2.24) is 5.32 Å². The van der Waals surface area contributed by atoms with Gasteiger partial charge in [-0.2, -0.15) is 0 Å². The lowest BCUT2D eigenvalue weighted by Gasteiger charge is -2.25. The molecule has 1 aliphatic heterocycles. The fourth-order valence-electron chi connectivity index (χ4n) is 2.76. The first-order chi connectivity index (χ1) is 8.13. The zero-order valence-corrected chi connectivity index (χ0v) is 11.6. The summed E-state index contributed by atoms with van der Waals surface area (Å²) in [4.78, 5) is 23.4. The van der Waals surface area contributed by atoms with E-state index in [1.54, 1.807) is 20.8 Å². The van der Waals surface area contributed by atoms with E-state index >= 15 is 0 Å². The van der Waals surface area contributed by atoms with Crippen LogP contribution in [0.2, 0.25) is 0 Å². The van der Waals surface area contributed by atoms with E-state index in [1.807, 2.05) is 0 Å². The minimum atomic E-state index is -0.575. The van der Waals surface area contributed by atoms with Crippen LogP contribution in [0.4, 0.5) is 4.79 Å². The summed E-state index contributed by atoms with van der Waals surface area (Å²) in [5.41, 5.74) is -0.521. The molecular formula is C13H21NO4. The second kappa shape index (κ2) is 3.87. The number of cyclic esters (lactones) is 1. The van der Waals surface area contributed by atoms with Gasteiger partial charge >= 0.3 is 12.1 Å². The third kappa shape index (κ3) is 2.31. The van der Waals surface area contributed by atoms with Crippen LogP contribution in [0.25, 0.3) is 0 Å². The molecule has 3 atom stereocenters. The van der Waals surface area contributed by atoms with E-state index in [4.69, 9.17) is 9.47 Å². The van der Waals surface area contributed by atoms with Crippen LogP contribution in [0.3, 0.4) is 0 Å². The van der Waals surface area contributed by atoms with E-state index in [0.29, 0.717) is 12.5 Å². The van der Waals surface area contributed by atoms with Gasteiger partial charge in [0.2, 0.25) is 0 Å². The maximum Gasteiger partial charge on any atom is 0.408 e. The molecule has 0 aromatic carbocycles. The minimum Gasteiger partial charge on any atom is -0.464 e. The molecular weight excluding hydrogens is 234 g/mol. The summed E-state index contributed by atoms with van der Waals surface area (Å²) in [6.45, 7) is 10.0. The van der Waals surface area contributed by atoms with Gasteiger partial charge < -0.3 is 14.8 Å². The van der Waals surface area contributed by atoms with Gasteiger partial charge in [-0.3, -0.25) is 0 Å². The highest BCUT2D eigenvalue weighted by Crippen LogP contribution is 2.61. The quantitative estimate of drug-likeness (QED) is 0.724. The van der Waals surface area contributed by atoms with Crippen molar-refractivity contribution in [2.45, 2.75) is 46.3 Å². The number of alkyl carbamates (subject to hydrolysis) is 1. The van der Waals surface area contributed by atoms with Crippen LogP contribution in [-0.2, 0) is 14.3 Å². The highest BCUT2D eigenvalue weighted by molar-refractivity contribution is 5.83. The average Bonchev–Trinajstić information content (AvgIpc) is 2.71. The summed E-state index contributed by atoms with van der Waals surface area (Å²) < 4.78 is 10.3. The van der Waals surface area contributed by atoms with E-state index < -0.39 is 17.7 Å². The number of amides is 1. The number of carbonyl (C=O) groups is 2. The zero-order valence-electron chi connectivity index (χ0n) is 11.6. The molecule has 18 heavy (non-hydrogen) atoms. The van der Waals surface area contributed by atoms with Crippen LogP contribution < -0.4 is 5.32 Å². The summed E-state index contributed by atoms with van der Waals surface area (Å²) in [6.07, 6.45) is -0.562. The number of nitrogens with one attached hydrogen (secondary N) is 1. The second-order valence-corrected chi connectivity index (χ2v) is 6.71. The predicted octanol–water partition coefficient (Wildman–Crippen LogP) is 1.71. The van der Waals surface area contributed by atoms with Gasteiger partial charge in [0.25, 0.3) is 0 Å². The molecule has 1 N–H and O–H groups in total. The van der Waals surface area contributed by atoms with Gasteiger partial charge in [-0.05, 0) is 26.2 Å². The third-order valence-electron chi connectivity index (χ3n) is 3.83. The number of carbonyl (C=O) groups excluding carboxylic acids is 2. The smallest absolute Gasteiger partial charge is 0.408 e. The van der Waals surface area contributed by atoms with E-state index in [1.165, 1.54) is 0 Å². The summed E-state index contributed by atoms with van der Waals surface area (Å²) in [5.74, 6) is 0.147. The number of ether oxygens (including phenoxy) is 2. The van der Waals surface area contributed by atoms with Crippen LogP contribution in [0.5, 0.6) is 0 Å². The summed E-state index contributed by atoms with van der Waals surface area (Å²) in [5, 5.41) is 2.64. The lowest BCUT2D eigenvalue weighted by molar-refractivity contribution is -0.150. The predicted molar refractivity (Wildman–Crippen MR) is 64.9 cm³/mol. The summed E-state index contributed by atoms with van der Waals surface area (Å²) >= 11 is 0. The molecule has 0 aromatic heterocycles. The molecule has 0 aromatic rings. The van der Waals surface area contributed by atoms with Gasteiger partial charge in [0.15, 0.2) is 0 Å². The molecule has 2 aliphatic rings. The lowest BCUT2D eigenvalue weighted by Crippen LogP contribution is -2.48. The topological polar surface area (TPSA) is 64.6 Å². The Hall–Kier alpha value is -1.26. The van der Waals surface area contributed by atoms with E-state index in [9.17, 15) is 9.59 Å². The summed E-state index contributed by atoms with van der Waals surface area (Å²) in [6, 6.07) is -0.575. The standard InChI is InChI=1S/C13H21NO4/c1-12(2,3)18-11(16)14-9-8-7(13(8,4)5)6-17-10(9)15/h7-9H,6H2,1-5H3,(H,14,16)/t7-,8+,9-/m0/s1. The van der Waals surface area contributed by atoms with Gasteiger partial charge in [0.05, 0.1) is 6.61 Å². The molecule has 1 aliphatic carbocycles. The maximum atomic E-state index is 11.7. The Bertz CT molecular complexity index is 383. The molecule has 1 amide bonds. The highest BCUT2D eigenvalue weighted by atomic mass is 16.6. The molecule has 0 radical (unpaired) electrons. The Kier molecular flexibility index (Phi) is 2.83. The van der Waals surface area contributed by atoms with Crippen LogP contribution in [0.1, 0.15) is 34.6 Å². The maximum absolute atomic E-state index is 11.7. The molecule has 5 heteroatoms. The molecule has 5 nitrogen and oxygen atoms in total. The monoisotopic (exact) mass is 255 g/mol. The van der Waals surface area contributed by atoms with Crippen molar-refractivity contribution in [3.05, 3.63) is 0 Å². The van der Waals surface area contributed by atoms with Crippen LogP contribution in [0, 0.1) is 17.3 Å². The van der Waals surface area contributed by atoms with Crippen molar-refractivity contribution in [2.24, 2.45) is 17.3 Å². The first kappa shape index (κ1) is 13.2. The number of esters is 1. The lowest BCUT2D eigenvalue weighted by atomic mass is 10.0. The Morgan fingerprint density at radius 1 is 1.44 bits per heavy atom. The SMILES string of the molecule is CC(C)(C)OC(=O)N[C@@H]1C(=O)OC[C@H]2[C@H]1C2(C)C. The zero-order chi connectivity index (χ0) is 13.7. The largest absolute Gasteiger partial charge is 0.464 e. The molecule has 1 heterocycles. The molecule has 2 fully saturated rings. The van der Waals surface area contributed by atoms with Crippen molar-refractivity contribution in [3.63, 3.8) is 0 Å². The van der Waals surface area contributed by atoms with Crippen molar-refractivity contribution >= 4 is 12.1 Å². The van der Waals surface area contributed by atoms with Gasteiger partial charge in [-0.15, -0.1) is 0 Å². The first-order valence-electron chi connectivity index (χ1n) is 6.29. The normalized spacial score (nSPS) is 33.2. The molecule has 2 rings (SSSR count). The molecule has 1 saturated heterocycles. The van der Waals surface area contributed by atoms with Crippen molar-refractivity contribution in [3.8, 4) is 0 Å². The van der Waals surface area contributed by atoms with Gasteiger partial charge in [-0.25, -0.2) is 9.59 Å². The number of hydrogen-bond acceptors (Lipinski definition) is 4. The van der Waals surface area contributed by atoms with E-state index in [0.717, 1.165) is 0 Å². The molecule has 0 unspecified atom stereocenters. The molecule has 0 bridgehead atoms. The van der Waals surface area contributed by atoms with E-state index in [2.05, 4.69) is 19.2 Å². The Labute approximate surface area is 107 Å². The Morgan fingerprint density at radius 3 is 2.61 bits per heavy atom. The van der Waals surface area contributed by atoms with Crippen LogP contribution >= 0.6 is 0 Å². The fourth-order valence-corrected chi connectivity index (χ4v) is 2.76. The van der Waals surface area contributed by atoms with Crippen molar-refractivity contribution in [1.29, 1.82) is 0 Å². The minimum absolute atomic E-state index is 0.0475. The van der Waals surface area contributed by atoms with Crippen LogP contribution in [0.15, 0.2) is 0 Å². The molecule has 1 saturated carbocycles.